The highest BCUT2D eigenvalue weighted by molar-refractivity contribution is 4.95. The van der Waals surface area contributed by atoms with Crippen LogP contribution in [0.1, 0.15) is 47.0 Å². The Morgan fingerprint density at radius 3 is 2.42 bits per heavy atom. The standard InChI is InChI=1S/C12H23/c1-6-9-12(4,5)10-7-8-11(2)3/h7,10-11H,2,6,8-9H2,1,3-5H3. The third kappa shape index (κ3) is 6.45. The first kappa shape index (κ1) is 11.7. The quantitative estimate of drug-likeness (QED) is 0.537. The molecule has 71 valence electrons. The molecule has 0 saturated heterocycles. The third-order valence-electron chi connectivity index (χ3n) is 2.00. The fourth-order valence-electron chi connectivity index (χ4n) is 1.35. The Kier molecular flexibility index (Phi) is 5.28. The van der Waals surface area contributed by atoms with Crippen LogP contribution in [0.3, 0.4) is 0 Å². The average molecular weight is 167 g/mol. The Balaban J connectivity index is 3.79. The Morgan fingerprint density at radius 1 is 1.42 bits per heavy atom. The summed E-state index contributed by atoms with van der Waals surface area (Å²) in [5, 5.41) is 0. The summed E-state index contributed by atoms with van der Waals surface area (Å²) in [5.41, 5.74) is 0.379. The van der Waals surface area contributed by atoms with E-state index in [0.717, 1.165) is 6.42 Å². The van der Waals surface area contributed by atoms with Crippen molar-refractivity contribution in [2.45, 2.75) is 47.0 Å². The molecule has 0 N–H and O–H groups in total. The van der Waals surface area contributed by atoms with Gasteiger partial charge in [-0.3, -0.25) is 0 Å². The normalized spacial score (nSPS) is 13.2. The Hall–Kier alpha value is -0.260. The highest BCUT2D eigenvalue weighted by Crippen LogP contribution is 2.24. The zero-order chi connectivity index (χ0) is 9.61. The molecule has 0 nitrogen and oxygen atoms in total. The van der Waals surface area contributed by atoms with Crippen LogP contribution in [0.15, 0.2) is 12.2 Å². The van der Waals surface area contributed by atoms with Gasteiger partial charge in [-0.1, -0.05) is 53.2 Å². The molecule has 0 aromatic carbocycles. The summed E-state index contributed by atoms with van der Waals surface area (Å²) in [6, 6.07) is 0. The Morgan fingerprint density at radius 2 is 2.00 bits per heavy atom. The lowest BCUT2D eigenvalue weighted by atomic mass is 9.87. The second kappa shape index (κ2) is 5.40. The van der Waals surface area contributed by atoms with Gasteiger partial charge < -0.3 is 0 Å². The largest absolute Gasteiger partial charge is 0.0877 e. The lowest BCUT2D eigenvalue weighted by molar-refractivity contribution is 0.430. The molecule has 0 heterocycles. The fraction of sp³-hybridized carbons (Fsp3) is 0.750. The summed E-state index contributed by atoms with van der Waals surface area (Å²) in [6.45, 7) is 12.9. The average Bonchev–Trinajstić information content (AvgIpc) is 1.85. The third-order valence-corrected chi connectivity index (χ3v) is 2.00. The van der Waals surface area contributed by atoms with E-state index >= 15 is 0 Å². The molecule has 0 aliphatic heterocycles. The molecule has 0 fully saturated rings. The molecule has 0 aromatic heterocycles. The topological polar surface area (TPSA) is 0 Å². The van der Waals surface area contributed by atoms with E-state index in [4.69, 9.17) is 0 Å². The van der Waals surface area contributed by atoms with Crippen molar-refractivity contribution >= 4 is 0 Å². The molecule has 0 aromatic rings. The van der Waals surface area contributed by atoms with Gasteiger partial charge in [0.05, 0.1) is 0 Å². The molecule has 0 saturated carbocycles. The van der Waals surface area contributed by atoms with Crippen LogP contribution >= 0.6 is 0 Å². The van der Waals surface area contributed by atoms with Crippen molar-refractivity contribution in [1.82, 2.24) is 0 Å². The van der Waals surface area contributed by atoms with Crippen molar-refractivity contribution in [2.75, 3.05) is 0 Å². The van der Waals surface area contributed by atoms with E-state index in [9.17, 15) is 0 Å². The molecule has 0 rings (SSSR count). The molecule has 12 heavy (non-hydrogen) atoms. The molecule has 0 bridgehead atoms. The van der Waals surface area contributed by atoms with E-state index in [2.05, 4.69) is 46.8 Å². The van der Waals surface area contributed by atoms with Crippen molar-refractivity contribution in [3.8, 4) is 0 Å². The zero-order valence-electron chi connectivity index (χ0n) is 9.06. The highest BCUT2D eigenvalue weighted by atomic mass is 14.2. The van der Waals surface area contributed by atoms with Gasteiger partial charge in [0.15, 0.2) is 0 Å². The molecule has 1 atom stereocenters. The monoisotopic (exact) mass is 167 g/mol. The minimum Gasteiger partial charge on any atom is -0.0877 e. The maximum absolute atomic E-state index is 3.95. The van der Waals surface area contributed by atoms with Gasteiger partial charge in [0.25, 0.3) is 0 Å². The fourth-order valence-corrected chi connectivity index (χ4v) is 1.35. The van der Waals surface area contributed by atoms with E-state index in [1.165, 1.54) is 12.8 Å². The summed E-state index contributed by atoms with van der Waals surface area (Å²) in [6.07, 6.45) is 8.24. The van der Waals surface area contributed by atoms with E-state index < -0.39 is 0 Å². The van der Waals surface area contributed by atoms with Gasteiger partial charge >= 0.3 is 0 Å². The molecular weight excluding hydrogens is 144 g/mol. The molecule has 0 amide bonds. The first-order valence-corrected chi connectivity index (χ1v) is 4.98. The van der Waals surface area contributed by atoms with Gasteiger partial charge in [0, 0.05) is 0 Å². The van der Waals surface area contributed by atoms with Crippen LogP contribution in [0, 0.1) is 18.3 Å². The molecule has 1 unspecified atom stereocenters. The highest BCUT2D eigenvalue weighted by Gasteiger charge is 2.10. The maximum Gasteiger partial charge on any atom is -0.0175 e. The van der Waals surface area contributed by atoms with Crippen molar-refractivity contribution in [3.63, 3.8) is 0 Å². The van der Waals surface area contributed by atoms with Crippen LogP contribution in [-0.2, 0) is 0 Å². The van der Waals surface area contributed by atoms with E-state index in [1.807, 2.05) is 0 Å². The maximum atomic E-state index is 3.95. The second-order valence-electron chi connectivity index (χ2n) is 4.48. The minimum absolute atomic E-state index is 0.379. The van der Waals surface area contributed by atoms with Crippen molar-refractivity contribution in [1.29, 1.82) is 0 Å². The Bertz CT molecular complexity index is 129. The number of hydrogen-bond acceptors (Lipinski definition) is 0. The summed E-state index contributed by atoms with van der Waals surface area (Å²) in [5.74, 6) is 0.540. The smallest absolute Gasteiger partial charge is 0.0175 e. The predicted molar refractivity (Wildman–Crippen MR) is 57.0 cm³/mol. The molecular formula is C12H23. The van der Waals surface area contributed by atoms with Crippen LogP contribution in [0.25, 0.3) is 0 Å². The van der Waals surface area contributed by atoms with Gasteiger partial charge in [0.2, 0.25) is 0 Å². The molecule has 0 aliphatic carbocycles. The van der Waals surface area contributed by atoms with Crippen LogP contribution in [-0.4, -0.2) is 0 Å². The lowest BCUT2D eigenvalue weighted by Gasteiger charge is -2.18. The SMILES string of the molecule is [CH2]C(C)CC=CC(C)(C)CCC. The van der Waals surface area contributed by atoms with Crippen LogP contribution < -0.4 is 0 Å². The summed E-state index contributed by atoms with van der Waals surface area (Å²) in [7, 11) is 0. The molecule has 0 spiro atoms. The summed E-state index contributed by atoms with van der Waals surface area (Å²) < 4.78 is 0. The van der Waals surface area contributed by atoms with Crippen molar-refractivity contribution in [2.24, 2.45) is 11.3 Å². The molecule has 0 heteroatoms. The summed E-state index contributed by atoms with van der Waals surface area (Å²) in [4.78, 5) is 0. The van der Waals surface area contributed by atoms with Crippen LogP contribution in [0.5, 0.6) is 0 Å². The minimum atomic E-state index is 0.379. The van der Waals surface area contributed by atoms with E-state index in [0.29, 0.717) is 11.3 Å². The van der Waals surface area contributed by atoms with E-state index in [1.54, 1.807) is 0 Å². The Labute approximate surface area is 78.1 Å². The van der Waals surface area contributed by atoms with Gasteiger partial charge in [-0.2, -0.15) is 0 Å². The predicted octanol–water partition coefficient (Wildman–Crippen LogP) is 4.23. The second-order valence-corrected chi connectivity index (χ2v) is 4.48. The molecule has 1 radical (unpaired) electrons. The number of rotatable bonds is 5. The first-order valence-electron chi connectivity index (χ1n) is 4.98. The summed E-state index contributed by atoms with van der Waals surface area (Å²) >= 11 is 0. The lowest BCUT2D eigenvalue weighted by Crippen LogP contribution is -2.06. The zero-order valence-corrected chi connectivity index (χ0v) is 9.06. The van der Waals surface area contributed by atoms with Crippen LogP contribution in [0.2, 0.25) is 0 Å². The van der Waals surface area contributed by atoms with Gasteiger partial charge in [-0.05, 0) is 24.2 Å². The number of hydrogen-bond donors (Lipinski definition) is 0. The number of allylic oxidation sites excluding steroid dienone is 2. The van der Waals surface area contributed by atoms with Gasteiger partial charge in [-0.15, -0.1) is 0 Å². The van der Waals surface area contributed by atoms with Crippen LogP contribution in [0.4, 0.5) is 0 Å². The van der Waals surface area contributed by atoms with Crippen molar-refractivity contribution < 1.29 is 0 Å². The first-order chi connectivity index (χ1) is 5.48. The van der Waals surface area contributed by atoms with Gasteiger partial charge in [0.1, 0.15) is 0 Å². The van der Waals surface area contributed by atoms with E-state index in [-0.39, 0.29) is 0 Å². The van der Waals surface area contributed by atoms with Gasteiger partial charge in [-0.25, -0.2) is 0 Å². The molecule has 0 aliphatic rings. The van der Waals surface area contributed by atoms with Crippen molar-refractivity contribution in [3.05, 3.63) is 19.1 Å².